The SMILES string of the molecule is C=CCc1cc(/C=C2\NC(=O)N(Cc3ccc(C(=O)OC)o3)C2=O)cc(OC)c1OC. The Hall–Kier alpha value is -4.01. The second-order valence-electron chi connectivity index (χ2n) is 6.55. The van der Waals surface area contributed by atoms with E-state index in [2.05, 4.69) is 16.6 Å². The average molecular weight is 426 g/mol. The third-order valence-electron chi connectivity index (χ3n) is 4.58. The minimum absolute atomic E-state index is 0.0135. The van der Waals surface area contributed by atoms with Crippen molar-refractivity contribution < 1.29 is 33.0 Å². The van der Waals surface area contributed by atoms with Crippen molar-refractivity contribution in [2.75, 3.05) is 21.3 Å². The predicted molar refractivity (Wildman–Crippen MR) is 111 cm³/mol. The van der Waals surface area contributed by atoms with Crippen LogP contribution < -0.4 is 14.8 Å². The number of allylic oxidation sites excluding steroid dienone is 1. The van der Waals surface area contributed by atoms with Crippen LogP contribution in [0.5, 0.6) is 11.5 Å². The van der Waals surface area contributed by atoms with Crippen LogP contribution in [-0.2, 0) is 22.5 Å². The summed E-state index contributed by atoms with van der Waals surface area (Å²) in [6.45, 7) is 3.61. The van der Waals surface area contributed by atoms with Gasteiger partial charge in [-0.05, 0) is 42.3 Å². The van der Waals surface area contributed by atoms with Gasteiger partial charge < -0.3 is 23.9 Å². The number of hydrogen-bond donors (Lipinski definition) is 1. The summed E-state index contributed by atoms with van der Waals surface area (Å²) in [5.74, 6) is 0.152. The molecule has 1 aliphatic heterocycles. The summed E-state index contributed by atoms with van der Waals surface area (Å²) in [6.07, 6.45) is 3.81. The van der Waals surface area contributed by atoms with Crippen LogP contribution in [0.3, 0.4) is 0 Å². The quantitative estimate of drug-likeness (QED) is 0.299. The van der Waals surface area contributed by atoms with Gasteiger partial charge in [-0.2, -0.15) is 0 Å². The molecule has 9 heteroatoms. The smallest absolute Gasteiger partial charge is 0.373 e. The van der Waals surface area contributed by atoms with Crippen LogP contribution in [0.1, 0.15) is 27.4 Å². The van der Waals surface area contributed by atoms with E-state index >= 15 is 0 Å². The van der Waals surface area contributed by atoms with Gasteiger partial charge in [0, 0.05) is 5.56 Å². The van der Waals surface area contributed by atoms with Crippen LogP contribution in [0, 0.1) is 0 Å². The molecule has 0 radical (unpaired) electrons. The molecule has 1 saturated heterocycles. The second-order valence-corrected chi connectivity index (χ2v) is 6.55. The number of ether oxygens (including phenoxy) is 3. The van der Waals surface area contributed by atoms with Gasteiger partial charge in [0.15, 0.2) is 11.5 Å². The summed E-state index contributed by atoms with van der Waals surface area (Å²) in [7, 11) is 4.29. The van der Waals surface area contributed by atoms with E-state index in [0.29, 0.717) is 23.5 Å². The van der Waals surface area contributed by atoms with Crippen molar-refractivity contribution >= 4 is 24.0 Å². The van der Waals surface area contributed by atoms with Gasteiger partial charge in [0.2, 0.25) is 5.76 Å². The maximum absolute atomic E-state index is 12.8. The first kappa shape index (κ1) is 21.7. The normalized spacial score (nSPS) is 14.5. The molecule has 1 aliphatic rings. The Bertz CT molecular complexity index is 1070. The van der Waals surface area contributed by atoms with E-state index in [4.69, 9.17) is 13.9 Å². The molecule has 0 aliphatic carbocycles. The van der Waals surface area contributed by atoms with Gasteiger partial charge in [0.25, 0.3) is 5.91 Å². The molecule has 0 bridgehead atoms. The van der Waals surface area contributed by atoms with Crippen molar-refractivity contribution in [1.29, 1.82) is 0 Å². The van der Waals surface area contributed by atoms with Crippen LogP contribution in [0.15, 0.2) is 47.0 Å². The molecule has 3 rings (SSSR count). The van der Waals surface area contributed by atoms with Gasteiger partial charge in [-0.25, -0.2) is 9.59 Å². The van der Waals surface area contributed by atoms with Gasteiger partial charge in [-0.3, -0.25) is 9.69 Å². The highest BCUT2D eigenvalue weighted by molar-refractivity contribution is 6.13. The Morgan fingerprint density at radius 3 is 2.61 bits per heavy atom. The fraction of sp³-hybridized carbons (Fsp3) is 0.227. The van der Waals surface area contributed by atoms with Crippen LogP contribution in [0.25, 0.3) is 6.08 Å². The fourth-order valence-electron chi connectivity index (χ4n) is 3.17. The number of rotatable bonds is 8. The van der Waals surface area contributed by atoms with Crippen molar-refractivity contribution in [1.82, 2.24) is 10.2 Å². The molecular weight excluding hydrogens is 404 g/mol. The Morgan fingerprint density at radius 2 is 1.97 bits per heavy atom. The van der Waals surface area contributed by atoms with Gasteiger partial charge >= 0.3 is 12.0 Å². The summed E-state index contributed by atoms with van der Waals surface area (Å²) < 4.78 is 20.7. The molecule has 2 aromatic rings. The maximum Gasteiger partial charge on any atom is 0.373 e. The lowest BCUT2D eigenvalue weighted by atomic mass is 10.0. The van der Waals surface area contributed by atoms with E-state index in [1.807, 2.05) is 6.07 Å². The molecule has 31 heavy (non-hydrogen) atoms. The van der Waals surface area contributed by atoms with Crippen molar-refractivity contribution in [3.63, 3.8) is 0 Å². The zero-order valence-electron chi connectivity index (χ0n) is 17.4. The molecule has 0 unspecified atom stereocenters. The van der Waals surface area contributed by atoms with Crippen LogP contribution in [0.2, 0.25) is 0 Å². The number of furan rings is 1. The highest BCUT2D eigenvalue weighted by Crippen LogP contribution is 2.34. The second kappa shape index (κ2) is 9.21. The van der Waals surface area contributed by atoms with E-state index in [9.17, 15) is 14.4 Å². The zero-order valence-corrected chi connectivity index (χ0v) is 17.4. The third-order valence-corrected chi connectivity index (χ3v) is 4.58. The van der Waals surface area contributed by atoms with Crippen LogP contribution in [0.4, 0.5) is 4.79 Å². The lowest BCUT2D eigenvalue weighted by Gasteiger charge is -2.13. The molecule has 9 nitrogen and oxygen atoms in total. The van der Waals surface area contributed by atoms with E-state index in [1.54, 1.807) is 25.3 Å². The van der Waals surface area contributed by atoms with E-state index in [-0.39, 0.29) is 23.8 Å². The largest absolute Gasteiger partial charge is 0.493 e. The summed E-state index contributed by atoms with van der Waals surface area (Å²) in [5.41, 5.74) is 1.57. The molecule has 0 atom stereocenters. The Labute approximate surface area is 178 Å². The number of hydrogen-bond acceptors (Lipinski definition) is 7. The predicted octanol–water partition coefficient (Wildman–Crippen LogP) is 2.90. The number of methoxy groups -OCH3 is 3. The molecule has 3 amide bonds. The monoisotopic (exact) mass is 426 g/mol. The topological polar surface area (TPSA) is 107 Å². The van der Waals surface area contributed by atoms with Gasteiger partial charge in [0.05, 0.1) is 27.9 Å². The molecule has 1 fully saturated rings. The molecular formula is C22H22N2O7. The summed E-state index contributed by atoms with van der Waals surface area (Å²) in [4.78, 5) is 37.6. The van der Waals surface area contributed by atoms with Crippen LogP contribution in [-0.4, -0.2) is 44.1 Å². The first-order valence-electron chi connectivity index (χ1n) is 9.29. The van der Waals surface area contributed by atoms with E-state index < -0.39 is 17.9 Å². The van der Waals surface area contributed by atoms with Gasteiger partial charge in [-0.1, -0.05) is 6.08 Å². The molecule has 0 saturated carbocycles. The van der Waals surface area contributed by atoms with Crippen molar-refractivity contribution in [3.05, 3.63) is 65.3 Å². The number of urea groups is 1. The zero-order chi connectivity index (χ0) is 22.5. The number of carbonyl (C=O) groups excluding carboxylic acids is 3. The number of nitrogens with one attached hydrogen (secondary N) is 1. The molecule has 162 valence electrons. The molecule has 1 aromatic carbocycles. The first-order valence-corrected chi connectivity index (χ1v) is 9.29. The summed E-state index contributed by atoms with van der Waals surface area (Å²) in [6, 6.07) is 5.85. The Balaban J connectivity index is 1.86. The molecule has 1 N–H and O–H groups in total. The van der Waals surface area contributed by atoms with Gasteiger partial charge in [-0.15, -0.1) is 6.58 Å². The minimum Gasteiger partial charge on any atom is -0.493 e. The maximum atomic E-state index is 12.8. The Kier molecular flexibility index (Phi) is 6.44. The van der Waals surface area contributed by atoms with E-state index in [1.165, 1.54) is 26.4 Å². The number of benzene rings is 1. The number of amides is 3. The third kappa shape index (κ3) is 4.45. The first-order chi connectivity index (χ1) is 14.9. The summed E-state index contributed by atoms with van der Waals surface area (Å²) >= 11 is 0. The summed E-state index contributed by atoms with van der Waals surface area (Å²) in [5, 5.41) is 2.55. The highest BCUT2D eigenvalue weighted by Gasteiger charge is 2.34. The molecule has 2 heterocycles. The van der Waals surface area contributed by atoms with E-state index in [0.717, 1.165) is 10.5 Å². The van der Waals surface area contributed by atoms with Crippen LogP contribution >= 0.6 is 0 Å². The minimum atomic E-state index is -0.646. The highest BCUT2D eigenvalue weighted by atomic mass is 16.5. The van der Waals surface area contributed by atoms with Crippen molar-refractivity contribution in [3.8, 4) is 11.5 Å². The number of nitrogens with zero attached hydrogens (tertiary/aromatic N) is 1. The molecule has 0 spiro atoms. The van der Waals surface area contributed by atoms with Crippen molar-refractivity contribution in [2.24, 2.45) is 0 Å². The van der Waals surface area contributed by atoms with Gasteiger partial charge in [0.1, 0.15) is 11.5 Å². The Morgan fingerprint density at radius 1 is 1.19 bits per heavy atom. The number of esters is 1. The lowest BCUT2D eigenvalue weighted by Crippen LogP contribution is -2.30. The molecule has 1 aromatic heterocycles. The fourth-order valence-corrected chi connectivity index (χ4v) is 3.17. The van der Waals surface area contributed by atoms with Crippen molar-refractivity contribution in [2.45, 2.75) is 13.0 Å². The average Bonchev–Trinajstić information content (AvgIpc) is 3.33. The number of carbonyl (C=O) groups is 3. The standard InChI is InChI=1S/C22H22N2O7/c1-5-6-14-9-13(11-18(28-2)19(14)29-3)10-16-20(25)24(22(27)23-16)12-15-7-8-17(31-15)21(26)30-4/h5,7-11H,1,6,12H2,2-4H3,(H,23,27)/b16-10-. The number of imide groups is 1. The lowest BCUT2D eigenvalue weighted by molar-refractivity contribution is -0.123.